The molecule has 0 fully saturated rings. The van der Waals surface area contributed by atoms with E-state index in [2.05, 4.69) is 15.0 Å². The van der Waals surface area contributed by atoms with E-state index in [4.69, 9.17) is 16.3 Å². The minimum Gasteiger partial charge on any atom is -0.462 e. The molecule has 0 bridgehead atoms. The number of hydrogen-bond acceptors (Lipinski definition) is 5. The lowest BCUT2D eigenvalue weighted by Crippen LogP contribution is -2.06. The van der Waals surface area contributed by atoms with Crippen molar-refractivity contribution in [1.82, 2.24) is 15.0 Å². The summed E-state index contributed by atoms with van der Waals surface area (Å²) in [6.45, 7) is 3.93. The molecule has 3 aromatic rings. The Morgan fingerprint density at radius 2 is 2.00 bits per heavy atom. The first-order valence-corrected chi connectivity index (χ1v) is 7.53. The Labute approximate surface area is 138 Å². The van der Waals surface area contributed by atoms with Gasteiger partial charge in [0.2, 0.25) is 0 Å². The molecule has 0 N–H and O–H groups in total. The SMILES string of the molecule is CCOC(=O)c1cnc2ccc(-c3ccc(C)nc3)nc2c1Cl. The molecular weight excluding hydrogens is 314 g/mol. The number of halogens is 1. The smallest absolute Gasteiger partial charge is 0.341 e. The predicted octanol–water partition coefficient (Wildman–Crippen LogP) is 3.83. The molecule has 0 aliphatic heterocycles. The van der Waals surface area contributed by atoms with Crippen molar-refractivity contribution >= 4 is 28.6 Å². The summed E-state index contributed by atoms with van der Waals surface area (Å²) in [6, 6.07) is 7.52. The second-order valence-electron chi connectivity index (χ2n) is 4.96. The molecule has 3 aromatic heterocycles. The van der Waals surface area contributed by atoms with Gasteiger partial charge in [0, 0.05) is 23.7 Å². The highest BCUT2D eigenvalue weighted by Gasteiger charge is 2.16. The third-order valence-corrected chi connectivity index (χ3v) is 3.74. The van der Waals surface area contributed by atoms with Crippen LogP contribution in [0.25, 0.3) is 22.3 Å². The first kappa shape index (κ1) is 15.4. The van der Waals surface area contributed by atoms with Crippen molar-refractivity contribution < 1.29 is 9.53 Å². The summed E-state index contributed by atoms with van der Waals surface area (Å²) in [5, 5.41) is 0.246. The molecule has 0 aromatic carbocycles. The van der Waals surface area contributed by atoms with Crippen LogP contribution in [-0.4, -0.2) is 27.5 Å². The molecule has 0 atom stereocenters. The van der Waals surface area contributed by atoms with Gasteiger partial charge in [-0.3, -0.25) is 9.97 Å². The van der Waals surface area contributed by atoms with Gasteiger partial charge in [0.15, 0.2) is 0 Å². The van der Waals surface area contributed by atoms with Crippen LogP contribution in [0.3, 0.4) is 0 Å². The molecule has 0 saturated heterocycles. The number of aryl methyl sites for hydroxylation is 1. The Bertz CT molecular complexity index is 879. The minimum absolute atomic E-state index is 0.215. The maximum atomic E-state index is 11.9. The second-order valence-corrected chi connectivity index (χ2v) is 5.34. The molecule has 0 spiro atoms. The molecule has 0 aliphatic carbocycles. The average Bonchev–Trinajstić information content (AvgIpc) is 2.56. The average molecular weight is 328 g/mol. The van der Waals surface area contributed by atoms with E-state index in [1.807, 2.05) is 31.2 Å². The van der Waals surface area contributed by atoms with Crippen LogP contribution in [0.15, 0.2) is 36.7 Å². The molecular formula is C17H14ClN3O2. The summed E-state index contributed by atoms with van der Waals surface area (Å²) in [6.07, 6.45) is 3.16. The first-order chi connectivity index (χ1) is 11.1. The topological polar surface area (TPSA) is 65.0 Å². The second kappa shape index (κ2) is 6.30. The molecule has 0 aliphatic rings. The van der Waals surface area contributed by atoms with Gasteiger partial charge in [-0.1, -0.05) is 11.6 Å². The molecule has 3 rings (SSSR count). The van der Waals surface area contributed by atoms with E-state index >= 15 is 0 Å². The maximum absolute atomic E-state index is 11.9. The van der Waals surface area contributed by atoms with E-state index in [0.717, 1.165) is 17.0 Å². The fraction of sp³-hybridized carbons (Fsp3) is 0.176. The summed E-state index contributed by atoms with van der Waals surface area (Å²) >= 11 is 6.34. The Hall–Kier alpha value is -2.53. The summed E-state index contributed by atoms with van der Waals surface area (Å²) < 4.78 is 4.98. The number of ether oxygens (including phenoxy) is 1. The van der Waals surface area contributed by atoms with Crippen LogP contribution in [0, 0.1) is 6.92 Å². The number of nitrogens with zero attached hydrogens (tertiary/aromatic N) is 3. The van der Waals surface area contributed by atoms with Crippen LogP contribution in [0.4, 0.5) is 0 Å². The van der Waals surface area contributed by atoms with Crippen LogP contribution >= 0.6 is 11.6 Å². The largest absolute Gasteiger partial charge is 0.462 e. The zero-order chi connectivity index (χ0) is 16.4. The van der Waals surface area contributed by atoms with Gasteiger partial charge in [-0.05, 0) is 38.1 Å². The number of aromatic nitrogens is 3. The van der Waals surface area contributed by atoms with Gasteiger partial charge in [-0.15, -0.1) is 0 Å². The normalized spacial score (nSPS) is 10.7. The Balaban J connectivity index is 2.12. The summed E-state index contributed by atoms with van der Waals surface area (Å²) in [7, 11) is 0. The number of esters is 1. The molecule has 0 saturated carbocycles. The quantitative estimate of drug-likeness (QED) is 0.684. The van der Waals surface area contributed by atoms with E-state index in [1.165, 1.54) is 6.20 Å². The monoisotopic (exact) mass is 327 g/mol. The van der Waals surface area contributed by atoms with Gasteiger partial charge in [0.1, 0.15) is 5.52 Å². The number of carbonyl (C=O) groups excluding carboxylic acids is 1. The number of rotatable bonds is 3. The van der Waals surface area contributed by atoms with Crippen molar-refractivity contribution in [3.05, 3.63) is 52.9 Å². The van der Waals surface area contributed by atoms with Crippen LogP contribution in [-0.2, 0) is 4.74 Å². The van der Waals surface area contributed by atoms with Crippen molar-refractivity contribution in [3.8, 4) is 11.3 Å². The van der Waals surface area contributed by atoms with Crippen LogP contribution in [0.2, 0.25) is 5.02 Å². The lowest BCUT2D eigenvalue weighted by molar-refractivity contribution is 0.0526. The molecule has 3 heterocycles. The molecule has 0 unspecified atom stereocenters. The molecule has 0 amide bonds. The lowest BCUT2D eigenvalue weighted by atomic mass is 10.1. The van der Waals surface area contributed by atoms with E-state index in [-0.39, 0.29) is 17.2 Å². The van der Waals surface area contributed by atoms with Crippen LogP contribution in [0.1, 0.15) is 23.0 Å². The van der Waals surface area contributed by atoms with Crippen LogP contribution < -0.4 is 0 Å². The number of fused-ring (bicyclic) bond motifs is 1. The lowest BCUT2D eigenvalue weighted by Gasteiger charge is -2.08. The predicted molar refractivity (Wildman–Crippen MR) is 88.5 cm³/mol. The fourth-order valence-electron chi connectivity index (χ4n) is 2.17. The van der Waals surface area contributed by atoms with Crippen molar-refractivity contribution in [1.29, 1.82) is 0 Å². The Morgan fingerprint density at radius 3 is 2.70 bits per heavy atom. The maximum Gasteiger partial charge on any atom is 0.341 e. The molecule has 5 nitrogen and oxygen atoms in total. The van der Waals surface area contributed by atoms with E-state index in [9.17, 15) is 4.79 Å². The van der Waals surface area contributed by atoms with E-state index in [0.29, 0.717) is 11.0 Å². The number of pyridine rings is 3. The van der Waals surface area contributed by atoms with Gasteiger partial charge < -0.3 is 4.74 Å². The van der Waals surface area contributed by atoms with Gasteiger partial charge in [-0.2, -0.15) is 0 Å². The van der Waals surface area contributed by atoms with Gasteiger partial charge in [0.25, 0.3) is 0 Å². The zero-order valence-electron chi connectivity index (χ0n) is 12.7. The first-order valence-electron chi connectivity index (χ1n) is 7.15. The van der Waals surface area contributed by atoms with E-state index in [1.54, 1.807) is 13.1 Å². The minimum atomic E-state index is -0.504. The van der Waals surface area contributed by atoms with Gasteiger partial charge in [0.05, 0.1) is 28.4 Å². The summed E-state index contributed by atoms with van der Waals surface area (Å²) in [4.78, 5) is 24.9. The number of carbonyl (C=O) groups is 1. The fourth-order valence-corrected chi connectivity index (χ4v) is 2.43. The Kier molecular flexibility index (Phi) is 4.21. The highest BCUT2D eigenvalue weighted by Crippen LogP contribution is 2.27. The number of hydrogen-bond donors (Lipinski definition) is 0. The van der Waals surface area contributed by atoms with Gasteiger partial charge in [-0.25, -0.2) is 9.78 Å². The summed E-state index contributed by atoms with van der Waals surface area (Å²) in [5.74, 6) is -0.504. The molecule has 6 heteroatoms. The van der Waals surface area contributed by atoms with Crippen LogP contribution in [0.5, 0.6) is 0 Å². The third kappa shape index (κ3) is 3.00. The summed E-state index contributed by atoms with van der Waals surface area (Å²) in [5.41, 5.74) is 3.82. The standard InChI is InChI=1S/C17H14ClN3O2/c1-3-23-17(22)12-9-20-14-7-6-13(21-16(14)15(12)18)11-5-4-10(2)19-8-11/h4-9H,3H2,1-2H3. The van der Waals surface area contributed by atoms with Crippen molar-refractivity contribution in [2.45, 2.75) is 13.8 Å². The van der Waals surface area contributed by atoms with Crippen molar-refractivity contribution in [2.24, 2.45) is 0 Å². The molecule has 116 valence electrons. The highest BCUT2D eigenvalue weighted by atomic mass is 35.5. The molecule has 23 heavy (non-hydrogen) atoms. The van der Waals surface area contributed by atoms with Gasteiger partial charge >= 0.3 is 5.97 Å². The van der Waals surface area contributed by atoms with E-state index < -0.39 is 5.97 Å². The van der Waals surface area contributed by atoms with Crippen molar-refractivity contribution in [2.75, 3.05) is 6.61 Å². The third-order valence-electron chi connectivity index (χ3n) is 3.35. The Morgan fingerprint density at radius 1 is 1.17 bits per heavy atom. The molecule has 0 radical (unpaired) electrons. The van der Waals surface area contributed by atoms with Crippen molar-refractivity contribution in [3.63, 3.8) is 0 Å². The zero-order valence-corrected chi connectivity index (χ0v) is 13.5. The highest BCUT2D eigenvalue weighted by molar-refractivity contribution is 6.37.